The molecule has 1 aliphatic carbocycles. The van der Waals surface area contributed by atoms with Crippen molar-refractivity contribution in [1.29, 1.82) is 0 Å². The van der Waals surface area contributed by atoms with Crippen LogP contribution in [0.15, 0.2) is 22.7 Å². The highest BCUT2D eigenvalue weighted by molar-refractivity contribution is 9.10. The SMILES string of the molecule is Nc1c(C(=O)N(CCO)C2CC2)sc2ccc(Br)cc12. The van der Waals surface area contributed by atoms with Gasteiger partial charge in [-0.15, -0.1) is 11.3 Å². The van der Waals surface area contributed by atoms with Gasteiger partial charge in [0, 0.05) is 27.1 Å². The maximum absolute atomic E-state index is 12.6. The second-order valence-corrected chi connectivity index (χ2v) is 6.91. The largest absolute Gasteiger partial charge is 0.397 e. The lowest BCUT2D eigenvalue weighted by Crippen LogP contribution is -2.35. The number of anilines is 1. The quantitative estimate of drug-likeness (QED) is 0.886. The molecular weight excluding hydrogens is 340 g/mol. The van der Waals surface area contributed by atoms with Crippen molar-refractivity contribution in [2.75, 3.05) is 18.9 Å². The average Bonchev–Trinajstić information content (AvgIpc) is 3.22. The first-order chi connectivity index (χ1) is 9.61. The van der Waals surface area contributed by atoms with Gasteiger partial charge in [-0.2, -0.15) is 0 Å². The van der Waals surface area contributed by atoms with Gasteiger partial charge < -0.3 is 15.7 Å². The van der Waals surface area contributed by atoms with Crippen molar-refractivity contribution >= 4 is 48.9 Å². The number of thiophene rings is 1. The fourth-order valence-corrected chi connectivity index (χ4v) is 3.74. The third-order valence-electron chi connectivity index (χ3n) is 3.47. The van der Waals surface area contributed by atoms with Gasteiger partial charge in [-0.05, 0) is 31.0 Å². The summed E-state index contributed by atoms with van der Waals surface area (Å²) in [5.41, 5.74) is 6.68. The topological polar surface area (TPSA) is 66.6 Å². The minimum Gasteiger partial charge on any atom is -0.397 e. The van der Waals surface area contributed by atoms with E-state index >= 15 is 0 Å². The van der Waals surface area contributed by atoms with Gasteiger partial charge in [0.25, 0.3) is 5.91 Å². The molecule has 0 atom stereocenters. The first-order valence-corrected chi connectivity index (χ1v) is 8.12. The molecule has 1 heterocycles. The smallest absolute Gasteiger partial charge is 0.266 e. The molecule has 0 spiro atoms. The third-order valence-corrected chi connectivity index (χ3v) is 5.14. The summed E-state index contributed by atoms with van der Waals surface area (Å²) in [5, 5.41) is 10.0. The number of nitrogens with zero attached hydrogens (tertiary/aromatic N) is 1. The molecule has 1 fully saturated rings. The lowest BCUT2D eigenvalue weighted by molar-refractivity contribution is 0.0713. The maximum Gasteiger partial charge on any atom is 0.266 e. The van der Waals surface area contributed by atoms with Crippen molar-refractivity contribution in [2.45, 2.75) is 18.9 Å². The number of hydrogen-bond acceptors (Lipinski definition) is 4. The zero-order valence-electron chi connectivity index (χ0n) is 10.8. The van der Waals surface area contributed by atoms with Gasteiger partial charge in [0.2, 0.25) is 0 Å². The highest BCUT2D eigenvalue weighted by atomic mass is 79.9. The molecule has 0 saturated heterocycles. The lowest BCUT2D eigenvalue weighted by atomic mass is 10.2. The summed E-state index contributed by atoms with van der Waals surface area (Å²) >= 11 is 4.84. The summed E-state index contributed by atoms with van der Waals surface area (Å²) in [6, 6.07) is 6.11. The molecule has 0 radical (unpaired) electrons. The molecule has 1 amide bonds. The molecule has 2 aromatic rings. The van der Waals surface area contributed by atoms with E-state index in [0.717, 1.165) is 27.4 Å². The van der Waals surface area contributed by atoms with Crippen LogP contribution >= 0.6 is 27.3 Å². The van der Waals surface area contributed by atoms with Gasteiger partial charge in [0.05, 0.1) is 12.3 Å². The van der Waals surface area contributed by atoms with E-state index in [1.165, 1.54) is 11.3 Å². The normalized spacial score (nSPS) is 14.7. The molecule has 1 aliphatic rings. The Morgan fingerprint density at radius 3 is 2.90 bits per heavy atom. The molecule has 1 saturated carbocycles. The van der Waals surface area contributed by atoms with E-state index in [0.29, 0.717) is 17.1 Å². The molecule has 0 aliphatic heterocycles. The van der Waals surface area contributed by atoms with E-state index in [9.17, 15) is 4.79 Å². The van der Waals surface area contributed by atoms with Crippen molar-refractivity contribution in [3.63, 3.8) is 0 Å². The molecule has 3 N–H and O–H groups in total. The number of halogens is 1. The molecule has 1 aromatic heterocycles. The number of hydrogen-bond donors (Lipinski definition) is 2. The number of rotatable bonds is 4. The van der Waals surface area contributed by atoms with Crippen LogP contribution in [0.5, 0.6) is 0 Å². The van der Waals surface area contributed by atoms with Crippen LogP contribution in [-0.4, -0.2) is 35.1 Å². The number of carbonyl (C=O) groups excluding carboxylic acids is 1. The van der Waals surface area contributed by atoms with Crippen molar-refractivity contribution < 1.29 is 9.90 Å². The van der Waals surface area contributed by atoms with Gasteiger partial charge in [-0.1, -0.05) is 15.9 Å². The van der Waals surface area contributed by atoms with E-state index in [1.807, 2.05) is 18.2 Å². The summed E-state index contributed by atoms with van der Waals surface area (Å²) in [4.78, 5) is 15.0. The summed E-state index contributed by atoms with van der Waals surface area (Å²) in [7, 11) is 0. The number of aliphatic hydroxyl groups is 1. The Labute approximate surface area is 129 Å². The van der Waals surface area contributed by atoms with Crippen molar-refractivity contribution in [2.24, 2.45) is 0 Å². The van der Waals surface area contributed by atoms with Crippen LogP contribution < -0.4 is 5.73 Å². The van der Waals surface area contributed by atoms with Crippen LogP contribution in [0, 0.1) is 0 Å². The molecule has 0 bridgehead atoms. The van der Waals surface area contributed by atoms with E-state index < -0.39 is 0 Å². The van der Waals surface area contributed by atoms with Crippen LogP contribution in [-0.2, 0) is 0 Å². The van der Waals surface area contributed by atoms with E-state index in [-0.39, 0.29) is 18.6 Å². The molecule has 1 aromatic carbocycles. The standard InChI is InChI=1S/C14H15BrN2O2S/c15-8-1-4-11-10(7-8)12(16)13(20-11)14(19)17(5-6-18)9-2-3-9/h1,4,7,9,18H,2-3,5-6,16H2. The molecule has 20 heavy (non-hydrogen) atoms. The molecule has 106 valence electrons. The summed E-state index contributed by atoms with van der Waals surface area (Å²) in [6.45, 7) is 0.361. The van der Waals surface area contributed by atoms with Crippen LogP contribution in [0.4, 0.5) is 5.69 Å². The fourth-order valence-electron chi connectivity index (χ4n) is 2.32. The zero-order chi connectivity index (χ0) is 14.3. The Kier molecular flexibility index (Phi) is 3.70. The van der Waals surface area contributed by atoms with E-state index in [1.54, 1.807) is 4.90 Å². The lowest BCUT2D eigenvalue weighted by Gasteiger charge is -2.20. The first kappa shape index (κ1) is 13.9. The maximum atomic E-state index is 12.6. The summed E-state index contributed by atoms with van der Waals surface area (Å²) in [5.74, 6) is -0.0589. The highest BCUT2D eigenvalue weighted by Crippen LogP contribution is 2.37. The van der Waals surface area contributed by atoms with E-state index in [2.05, 4.69) is 15.9 Å². The van der Waals surface area contributed by atoms with Crippen LogP contribution in [0.25, 0.3) is 10.1 Å². The number of aliphatic hydroxyl groups excluding tert-OH is 1. The summed E-state index contributed by atoms with van der Waals surface area (Å²) in [6.07, 6.45) is 2.03. The molecular formula is C14H15BrN2O2S. The number of benzene rings is 1. The number of nitrogens with two attached hydrogens (primary N) is 1. The van der Waals surface area contributed by atoms with Crippen molar-refractivity contribution in [3.8, 4) is 0 Å². The molecule has 3 rings (SSSR count). The highest BCUT2D eigenvalue weighted by Gasteiger charge is 2.34. The zero-order valence-corrected chi connectivity index (χ0v) is 13.2. The third kappa shape index (κ3) is 2.43. The average molecular weight is 355 g/mol. The Morgan fingerprint density at radius 2 is 2.25 bits per heavy atom. The first-order valence-electron chi connectivity index (χ1n) is 6.51. The number of carbonyl (C=O) groups is 1. The van der Waals surface area contributed by atoms with Crippen LogP contribution in [0.3, 0.4) is 0 Å². The van der Waals surface area contributed by atoms with E-state index in [4.69, 9.17) is 10.8 Å². The summed E-state index contributed by atoms with van der Waals surface area (Å²) < 4.78 is 1.96. The van der Waals surface area contributed by atoms with Crippen LogP contribution in [0.2, 0.25) is 0 Å². The molecule has 4 nitrogen and oxygen atoms in total. The Hall–Kier alpha value is -1.11. The number of fused-ring (bicyclic) bond motifs is 1. The monoisotopic (exact) mass is 354 g/mol. The molecule has 0 unspecified atom stereocenters. The minimum absolute atomic E-state index is 0.0153. The Bertz CT molecular complexity index is 666. The van der Waals surface area contributed by atoms with Gasteiger partial charge in [-0.3, -0.25) is 4.79 Å². The van der Waals surface area contributed by atoms with Gasteiger partial charge in [0.1, 0.15) is 4.88 Å². The molecule has 6 heteroatoms. The fraction of sp³-hybridized carbons (Fsp3) is 0.357. The van der Waals surface area contributed by atoms with Crippen molar-refractivity contribution in [1.82, 2.24) is 4.90 Å². The Morgan fingerprint density at radius 1 is 1.50 bits per heavy atom. The second kappa shape index (κ2) is 5.35. The van der Waals surface area contributed by atoms with Gasteiger partial charge in [0.15, 0.2) is 0 Å². The predicted molar refractivity (Wildman–Crippen MR) is 85.1 cm³/mol. The Balaban J connectivity index is 2.00. The minimum atomic E-state index is -0.0589. The number of amides is 1. The van der Waals surface area contributed by atoms with Gasteiger partial charge in [-0.25, -0.2) is 0 Å². The van der Waals surface area contributed by atoms with Crippen molar-refractivity contribution in [3.05, 3.63) is 27.5 Å². The van der Waals surface area contributed by atoms with Gasteiger partial charge >= 0.3 is 0 Å². The number of nitrogen functional groups attached to an aromatic ring is 1. The second-order valence-electron chi connectivity index (χ2n) is 4.94. The van der Waals surface area contributed by atoms with Crippen LogP contribution in [0.1, 0.15) is 22.5 Å². The predicted octanol–water partition coefficient (Wildman–Crippen LogP) is 2.84.